The molecule has 0 aliphatic carbocycles. The first-order chi connectivity index (χ1) is 5.17. The molecule has 0 saturated heterocycles. The van der Waals surface area contributed by atoms with Crippen LogP contribution in [-0.4, -0.2) is 18.0 Å². The third kappa shape index (κ3) is 2.14. The second-order valence-electron chi connectivity index (χ2n) is 3.23. The van der Waals surface area contributed by atoms with Gasteiger partial charge in [0.15, 0.2) is 0 Å². The van der Waals surface area contributed by atoms with E-state index in [2.05, 4.69) is 46.1 Å². The van der Waals surface area contributed by atoms with Crippen LogP contribution < -0.4 is 5.32 Å². The topological polar surface area (TPSA) is 12.9 Å². The fourth-order valence-corrected chi connectivity index (χ4v) is 2.80. The van der Waals surface area contributed by atoms with Crippen molar-refractivity contribution in [3.63, 3.8) is 0 Å². The van der Waals surface area contributed by atoms with Gasteiger partial charge in [-0.05, 0) is 12.1 Å². The molecule has 0 N–H and O–H groups in total. The highest BCUT2D eigenvalue weighted by Gasteiger charge is 2.22. The molecule has 0 bridgehead atoms. The van der Waals surface area contributed by atoms with Gasteiger partial charge < -0.3 is 0 Å². The maximum atomic E-state index is 4.35. The summed E-state index contributed by atoms with van der Waals surface area (Å²) in [7, 11) is -1.25. The van der Waals surface area contributed by atoms with Crippen molar-refractivity contribution in [2.45, 2.75) is 13.1 Å². The van der Waals surface area contributed by atoms with E-state index in [1.807, 2.05) is 12.3 Å². The smallest absolute Gasteiger partial charge is 0.115 e. The summed E-state index contributed by atoms with van der Waals surface area (Å²) in [5.74, 6) is 0. The fourth-order valence-electron chi connectivity index (χ4n) is 0.832. The molecule has 0 spiro atoms. The summed E-state index contributed by atoms with van der Waals surface area (Å²) in [5.41, 5.74) is 0. The summed E-state index contributed by atoms with van der Waals surface area (Å²) in [4.78, 5) is 5.43. The number of nitrogens with zero attached hydrogens (tertiary/aromatic N) is 1. The van der Waals surface area contributed by atoms with Gasteiger partial charge in [0.05, 0.1) is 0 Å². The van der Waals surface area contributed by atoms with Gasteiger partial charge in [0, 0.05) is 16.5 Å². The first kappa shape index (κ1) is 8.94. The molecule has 0 aliphatic heterocycles. The average Bonchev–Trinajstić information content (AvgIpc) is 2.06. The van der Waals surface area contributed by atoms with E-state index in [0.717, 1.165) is 4.95 Å². The largest absolute Gasteiger partial charge is 0.266 e. The molecule has 11 heavy (non-hydrogen) atoms. The van der Waals surface area contributed by atoms with Gasteiger partial charge in [-0.25, -0.2) is 0 Å². The lowest BCUT2D eigenvalue weighted by molar-refractivity contribution is 1.36. The van der Waals surface area contributed by atoms with Crippen LogP contribution in [0.25, 0.3) is 0 Å². The lowest BCUT2D eigenvalue weighted by Gasteiger charge is -2.17. The van der Waals surface area contributed by atoms with Crippen molar-refractivity contribution >= 4 is 29.3 Å². The van der Waals surface area contributed by atoms with E-state index < -0.39 is 8.07 Å². The van der Waals surface area contributed by atoms with Gasteiger partial charge in [-0.2, -0.15) is 0 Å². The van der Waals surface area contributed by atoms with Gasteiger partial charge in [-0.15, -0.1) is 0 Å². The maximum Gasteiger partial charge on any atom is 0.115 e. The molecule has 0 saturated carbocycles. The van der Waals surface area contributed by atoms with Crippen molar-refractivity contribution in [3.05, 3.63) is 24.4 Å². The highest BCUT2D eigenvalue weighted by molar-refractivity contribution is 9.09. The van der Waals surface area contributed by atoms with E-state index in [9.17, 15) is 0 Å². The molecule has 0 aromatic carbocycles. The Balaban J connectivity index is 2.93. The molecule has 1 aromatic rings. The van der Waals surface area contributed by atoms with Crippen LogP contribution in [0.4, 0.5) is 0 Å². The number of hydrogen-bond donors (Lipinski definition) is 0. The number of hydrogen-bond acceptors (Lipinski definition) is 1. The molecule has 0 aliphatic rings. The molecular formula is C8H12BrNSi. The van der Waals surface area contributed by atoms with Crippen LogP contribution in [0.15, 0.2) is 24.4 Å². The van der Waals surface area contributed by atoms with Crippen LogP contribution in [-0.2, 0) is 0 Å². The summed E-state index contributed by atoms with van der Waals surface area (Å²) in [6.45, 7) is 4.62. The van der Waals surface area contributed by atoms with Crippen molar-refractivity contribution in [2.24, 2.45) is 0 Å². The summed E-state index contributed by atoms with van der Waals surface area (Å²) in [5, 5.41) is 1.27. The normalized spacial score (nSPS) is 11.5. The van der Waals surface area contributed by atoms with Gasteiger partial charge >= 0.3 is 0 Å². The lowest BCUT2D eigenvalue weighted by Crippen LogP contribution is -2.45. The van der Waals surface area contributed by atoms with Gasteiger partial charge in [0.25, 0.3) is 0 Å². The SMILES string of the molecule is C[Si](C)(CBr)c1ccccn1. The second-order valence-corrected chi connectivity index (χ2v) is 9.46. The number of alkyl halides is 1. The monoisotopic (exact) mass is 229 g/mol. The third-order valence-electron chi connectivity index (χ3n) is 1.69. The number of pyridine rings is 1. The second kappa shape index (κ2) is 3.50. The molecule has 0 unspecified atom stereocenters. The van der Waals surface area contributed by atoms with E-state index in [1.165, 1.54) is 5.32 Å². The molecule has 1 heterocycles. The Bertz CT molecular complexity index is 223. The Morgan fingerprint density at radius 1 is 1.45 bits per heavy atom. The van der Waals surface area contributed by atoms with E-state index in [1.54, 1.807) is 0 Å². The fraction of sp³-hybridized carbons (Fsp3) is 0.375. The van der Waals surface area contributed by atoms with E-state index >= 15 is 0 Å². The zero-order valence-electron chi connectivity index (χ0n) is 6.84. The summed E-state index contributed by atoms with van der Waals surface area (Å²) in [6.07, 6.45) is 1.87. The van der Waals surface area contributed by atoms with Crippen LogP contribution in [0.3, 0.4) is 0 Å². The summed E-state index contributed by atoms with van der Waals surface area (Å²) < 4.78 is 0. The number of aromatic nitrogens is 1. The van der Waals surface area contributed by atoms with Gasteiger partial charge in [-0.1, -0.05) is 35.1 Å². The molecule has 0 amide bonds. The minimum absolute atomic E-state index is 1.08. The Kier molecular flexibility index (Phi) is 2.84. The Morgan fingerprint density at radius 2 is 2.18 bits per heavy atom. The minimum Gasteiger partial charge on any atom is -0.266 e. The summed E-state index contributed by atoms with van der Waals surface area (Å²) >= 11 is 3.53. The van der Waals surface area contributed by atoms with Crippen molar-refractivity contribution in [1.29, 1.82) is 0 Å². The number of rotatable bonds is 2. The van der Waals surface area contributed by atoms with Crippen molar-refractivity contribution in [3.8, 4) is 0 Å². The molecule has 1 nitrogen and oxygen atoms in total. The van der Waals surface area contributed by atoms with Gasteiger partial charge in [-0.3, -0.25) is 4.98 Å². The van der Waals surface area contributed by atoms with Crippen molar-refractivity contribution in [1.82, 2.24) is 4.98 Å². The zero-order valence-corrected chi connectivity index (χ0v) is 9.43. The van der Waals surface area contributed by atoms with E-state index in [0.29, 0.717) is 0 Å². The van der Waals surface area contributed by atoms with Crippen LogP contribution in [0.2, 0.25) is 13.1 Å². The molecule has 1 aromatic heterocycles. The van der Waals surface area contributed by atoms with Crippen molar-refractivity contribution in [2.75, 3.05) is 4.95 Å². The summed E-state index contributed by atoms with van der Waals surface area (Å²) in [6, 6.07) is 6.13. The molecule has 0 fully saturated rings. The maximum absolute atomic E-state index is 4.35. The van der Waals surface area contributed by atoms with E-state index in [4.69, 9.17) is 0 Å². The first-order valence-electron chi connectivity index (χ1n) is 3.64. The molecule has 60 valence electrons. The van der Waals surface area contributed by atoms with E-state index in [-0.39, 0.29) is 0 Å². The highest BCUT2D eigenvalue weighted by Crippen LogP contribution is 2.04. The average molecular weight is 230 g/mol. The molecular weight excluding hydrogens is 218 g/mol. The molecule has 0 atom stereocenters. The number of halogens is 1. The molecule has 1 rings (SSSR count). The first-order valence-corrected chi connectivity index (χ1v) is 7.97. The lowest BCUT2D eigenvalue weighted by atomic mass is 10.5. The molecule has 0 radical (unpaired) electrons. The highest BCUT2D eigenvalue weighted by atomic mass is 79.9. The Morgan fingerprint density at radius 3 is 2.64 bits per heavy atom. The predicted molar refractivity (Wildman–Crippen MR) is 55.1 cm³/mol. The third-order valence-corrected chi connectivity index (χ3v) is 8.25. The Labute approximate surface area is 77.0 Å². The zero-order chi connectivity index (χ0) is 8.32. The van der Waals surface area contributed by atoms with Crippen LogP contribution in [0.5, 0.6) is 0 Å². The predicted octanol–water partition coefficient (Wildman–Crippen LogP) is 1.93. The minimum atomic E-state index is -1.25. The van der Waals surface area contributed by atoms with Gasteiger partial charge in [0.2, 0.25) is 0 Å². The van der Waals surface area contributed by atoms with Gasteiger partial charge in [0.1, 0.15) is 8.07 Å². The van der Waals surface area contributed by atoms with Crippen LogP contribution in [0.1, 0.15) is 0 Å². The van der Waals surface area contributed by atoms with Crippen LogP contribution >= 0.6 is 15.9 Å². The standard InChI is InChI=1S/C8H12BrNSi/c1-11(2,7-9)8-5-3-4-6-10-8/h3-6H,7H2,1-2H3. The van der Waals surface area contributed by atoms with Crippen molar-refractivity contribution < 1.29 is 0 Å². The Hall–Kier alpha value is -0.153. The quantitative estimate of drug-likeness (QED) is 0.559. The van der Waals surface area contributed by atoms with Crippen LogP contribution in [0, 0.1) is 0 Å². The molecule has 3 heteroatoms.